The summed E-state index contributed by atoms with van der Waals surface area (Å²) >= 11 is 1.72. The smallest absolute Gasteiger partial charge is 0.267 e. The standard InChI is InChI=1S/C15H17F3N2S/c1-4-7-21-13-8-11(6-5-10(13)2)12-9-14(15(16,17)18)19-20(12)3/h5-6,8-9H,4,7H2,1-3H3. The Hall–Kier alpha value is -1.43. The normalized spacial score (nSPS) is 11.9. The summed E-state index contributed by atoms with van der Waals surface area (Å²) < 4.78 is 39.5. The first-order valence-corrected chi connectivity index (χ1v) is 7.66. The molecule has 6 heteroatoms. The van der Waals surface area contributed by atoms with Crippen LogP contribution in [-0.4, -0.2) is 15.5 Å². The van der Waals surface area contributed by atoms with Crippen LogP contribution in [0.2, 0.25) is 0 Å². The van der Waals surface area contributed by atoms with Gasteiger partial charge in [0.15, 0.2) is 5.69 Å². The van der Waals surface area contributed by atoms with Gasteiger partial charge < -0.3 is 0 Å². The van der Waals surface area contributed by atoms with Gasteiger partial charge in [-0.25, -0.2) is 0 Å². The van der Waals surface area contributed by atoms with E-state index in [1.54, 1.807) is 11.8 Å². The number of alkyl halides is 3. The second kappa shape index (κ2) is 6.13. The van der Waals surface area contributed by atoms with Crippen molar-refractivity contribution >= 4 is 11.8 Å². The molecular weight excluding hydrogens is 297 g/mol. The van der Waals surface area contributed by atoms with Crippen molar-refractivity contribution in [2.24, 2.45) is 7.05 Å². The average Bonchev–Trinajstić information content (AvgIpc) is 2.80. The maximum absolute atomic E-state index is 12.7. The molecule has 0 atom stereocenters. The second-order valence-electron chi connectivity index (χ2n) is 4.86. The maximum Gasteiger partial charge on any atom is 0.435 e. The van der Waals surface area contributed by atoms with Gasteiger partial charge in [0.1, 0.15) is 0 Å². The Balaban J connectivity index is 2.40. The second-order valence-corrected chi connectivity index (χ2v) is 6.00. The zero-order valence-electron chi connectivity index (χ0n) is 12.2. The van der Waals surface area contributed by atoms with Crippen molar-refractivity contribution in [2.75, 3.05) is 5.75 Å². The van der Waals surface area contributed by atoms with Gasteiger partial charge in [-0.3, -0.25) is 4.68 Å². The Morgan fingerprint density at radius 1 is 1.24 bits per heavy atom. The first-order chi connectivity index (χ1) is 9.82. The molecule has 1 aromatic carbocycles. The van der Waals surface area contributed by atoms with Gasteiger partial charge in [0.2, 0.25) is 0 Å². The highest BCUT2D eigenvalue weighted by atomic mass is 32.2. The van der Waals surface area contributed by atoms with Crippen LogP contribution >= 0.6 is 11.8 Å². The fraction of sp³-hybridized carbons (Fsp3) is 0.400. The van der Waals surface area contributed by atoms with Crippen LogP contribution in [0.5, 0.6) is 0 Å². The summed E-state index contributed by atoms with van der Waals surface area (Å²) in [7, 11) is 1.53. The SMILES string of the molecule is CCCSc1cc(-c2cc(C(F)(F)F)nn2C)ccc1C. The van der Waals surface area contributed by atoms with Crippen LogP contribution < -0.4 is 0 Å². The largest absolute Gasteiger partial charge is 0.435 e. The van der Waals surface area contributed by atoms with Crippen LogP contribution in [0.25, 0.3) is 11.3 Å². The van der Waals surface area contributed by atoms with Crippen LogP contribution in [0, 0.1) is 6.92 Å². The minimum absolute atomic E-state index is 0.473. The summed E-state index contributed by atoms with van der Waals surface area (Å²) in [6.07, 6.45) is -3.36. The van der Waals surface area contributed by atoms with E-state index < -0.39 is 11.9 Å². The first-order valence-electron chi connectivity index (χ1n) is 6.68. The lowest BCUT2D eigenvalue weighted by molar-refractivity contribution is -0.141. The third kappa shape index (κ3) is 3.61. The molecular formula is C15H17F3N2S. The van der Waals surface area contributed by atoms with E-state index in [0.29, 0.717) is 5.69 Å². The molecule has 0 bridgehead atoms. The molecule has 1 aromatic heterocycles. The van der Waals surface area contributed by atoms with E-state index in [-0.39, 0.29) is 0 Å². The molecule has 1 heterocycles. The molecule has 0 saturated heterocycles. The predicted molar refractivity (Wildman–Crippen MR) is 79.4 cm³/mol. The molecule has 114 valence electrons. The minimum Gasteiger partial charge on any atom is -0.267 e. The molecule has 2 rings (SSSR count). The number of hydrogen-bond acceptors (Lipinski definition) is 2. The van der Waals surface area contributed by atoms with Crippen LogP contribution in [0.3, 0.4) is 0 Å². The summed E-state index contributed by atoms with van der Waals surface area (Å²) in [5.74, 6) is 0.990. The van der Waals surface area contributed by atoms with Gasteiger partial charge >= 0.3 is 6.18 Å². The molecule has 0 saturated carbocycles. The highest BCUT2D eigenvalue weighted by molar-refractivity contribution is 7.99. The van der Waals surface area contributed by atoms with Crippen molar-refractivity contribution in [2.45, 2.75) is 31.3 Å². The van der Waals surface area contributed by atoms with Crippen molar-refractivity contribution in [3.63, 3.8) is 0 Å². The van der Waals surface area contributed by atoms with E-state index in [0.717, 1.165) is 34.3 Å². The summed E-state index contributed by atoms with van der Waals surface area (Å²) in [5.41, 5.74) is 1.50. The van der Waals surface area contributed by atoms with Crippen molar-refractivity contribution in [3.05, 3.63) is 35.5 Å². The third-order valence-corrected chi connectivity index (χ3v) is 4.48. The number of rotatable bonds is 4. The van der Waals surface area contributed by atoms with Crippen molar-refractivity contribution in [1.82, 2.24) is 9.78 Å². The average molecular weight is 314 g/mol. The zero-order chi connectivity index (χ0) is 15.6. The molecule has 0 N–H and O–H groups in total. The fourth-order valence-electron chi connectivity index (χ4n) is 2.00. The topological polar surface area (TPSA) is 17.8 Å². The van der Waals surface area contributed by atoms with Crippen molar-refractivity contribution in [3.8, 4) is 11.3 Å². The lowest BCUT2D eigenvalue weighted by atomic mass is 10.1. The highest BCUT2D eigenvalue weighted by Gasteiger charge is 2.34. The monoisotopic (exact) mass is 314 g/mol. The summed E-state index contributed by atoms with van der Waals surface area (Å²) in [6.45, 7) is 4.11. The Morgan fingerprint density at radius 2 is 1.95 bits per heavy atom. The lowest BCUT2D eigenvalue weighted by Crippen LogP contribution is -2.06. The highest BCUT2D eigenvalue weighted by Crippen LogP contribution is 2.33. The van der Waals surface area contributed by atoms with Crippen molar-refractivity contribution in [1.29, 1.82) is 0 Å². The van der Waals surface area contributed by atoms with E-state index >= 15 is 0 Å². The molecule has 21 heavy (non-hydrogen) atoms. The van der Waals surface area contributed by atoms with Crippen LogP contribution in [-0.2, 0) is 13.2 Å². The molecule has 0 radical (unpaired) electrons. The van der Waals surface area contributed by atoms with E-state index in [9.17, 15) is 13.2 Å². The van der Waals surface area contributed by atoms with Crippen LogP contribution in [0.4, 0.5) is 13.2 Å². The van der Waals surface area contributed by atoms with Gasteiger partial charge in [-0.15, -0.1) is 11.8 Å². The molecule has 2 aromatic rings. The van der Waals surface area contributed by atoms with Crippen LogP contribution in [0.15, 0.2) is 29.2 Å². The number of thioether (sulfide) groups is 1. The van der Waals surface area contributed by atoms with Gasteiger partial charge in [0.05, 0.1) is 5.69 Å². The first kappa shape index (κ1) is 15.9. The molecule has 0 fully saturated rings. The number of halogens is 3. The molecule has 0 unspecified atom stereocenters. The summed E-state index contributed by atoms with van der Waals surface area (Å²) in [6, 6.07) is 6.81. The van der Waals surface area contributed by atoms with Gasteiger partial charge in [0, 0.05) is 17.5 Å². The lowest BCUT2D eigenvalue weighted by Gasteiger charge is -2.08. The quantitative estimate of drug-likeness (QED) is 0.746. The molecule has 0 aliphatic carbocycles. The third-order valence-electron chi connectivity index (χ3n) is 3.12. The predicted octanol–water partition coefficient (Wildman–Crippen LogP) is 4.92. The van der Waals surface area contributed by atoms with Gasteiger partial charge in [-0.1, -0.05) is 19.1 Å². The zero-order valence-corrected chi connectivity index (χ0v) is 13.0. The number of aromatic nitrogens is 2. The molecule has 0 aliphatic rings. The van der Waals surface area contributed by atoms with E-state index in [2.05, 4.69) is 12.0 Å². The number of aryl methyl sites for hydroxylation is 2. The van der Waals surface area contributed by atoms with E-state index in [1.165, 1.54) is 11.7 Å². The molecule has 0 aliphatic heterocycles. The Bertz CT molecular complexity index is 632. The number of benzene rings is 1. The fourth-order valence-corrected chi connectivity index (χ4v) is 2.93. The Labute approximate surface area is 126 Å². The molecule has 0 spiro atoms. The number of hydrogen-bond donors (Lipinski definition) is 0. The molecule has 2 nitrogen and oxygen atoms in total. The van der Waals surface area contributed by atoms with Gasteiger partial charge in [-0.2, -0.15) is 18.3 Å². The Morgan fingerprint density at radius 3 is 2.52 bits per heavy atom. The van der Waals surface area contributed by atoms with Gasteiger partial charge in [-0.05, 0) is 36.8 Å². The number of nitrogens with zero attached hydrogens (tertiary/aromatic N) is 2. The minimum atomic E-state index is -4.42. The molecule has 0 amide bonds. The van der Waals surface area contributed by atoms with E-state index in [1.807, 2.05) is 25.1 Å². The Kier molecular flexibility index (Phi) is 4.66. The van der Waals surface area contributed by atoms with E-state index in [4.69, 9.17) is 0 Å². The summed E-state index contributed by atoms with van der Waals surface area (Å²) in [4.78, 5) is 1.10. The maximum atomic E-state index is 12.7. The van der Waals surface area contributed by atoms with Crippen LogP contribution in [0.1, 0.15) is 24.6 Å². The van der Waals surface area contributed by atoms with Gasteiger partial charge in [0.25, 0.3) is 0 Å². The summed E-state index contributed by atoms with van der Waals surface area (Å²) in [5, 5.41) is 3.56. The van der Waals surface area contributed by atoms with Crippen molar-refractivity contribution < 1.29 is 13.2 Å².